The number of rotatable bonds is 4. The smallest absolute Gasteiger partial charge is 0.255 e. The van der Waals surface area contributed by atoms with Crippen LogP contribution in [0.3, 0.4) is 0 Å². The van der Waals surface area contributed by atoms with Crippen LogP contribution >= 0.6 is 23.2 Å². The molecule has 25 heavy (non-hydrogen) atoms. The van der Waals surface area contributed by atoms with Gasteiger partial charge in [0.15, 0.2) is 0 Å². The summed E-state index contributed by atoms with van der Waals surface area (Å²) in [5, 5.41) is 4.11. The zero-order valence-corrected chi connectivity index (χ0v) is 15.6. The van der Waals surface area contributed by atoms with Gasteiger partial charge in [-0.25, -0.2) is 0 Å². The van der Waals surface area contributed by atoms with Crippen molar-refractivity contribution in [3.05, 3.63) is 58.1 Å². The van der Waals surface area contributed by atoms with E-state index in [4.69, 9.17) is 23.2 Å². The third-order valence-corrected chi connectivity index (χ3v) is 4.92. The van der Waals surface area contributed by atoms with Gasteiger partial charge in [-0.1, -0.05) is 36.2 Å². The first-order chi connectivity index (χ1) is 12.1. The van der Waals surface area contributed by atoms with Gasteiger partial charge in [0.2, 0.25) is 0 Å². The second-order valence-electron chi connectivity index (χ2n) is 6.05. The molecule has 3 rings (SSSR count). The first-order valence-electron chi connectivity index (χ1n) is 8.40. The molecule has 6 heteroatoms. The normalized spacial score (nSPS) is 15.2. The van der Waals surface area contributed by atoms with Crippen LogP contribution in [-0.4, -0.2) is 43.5 Å². The largest absolute Gasteiger partial charge is 0.367 e. The summed E-state index contributed by atoms with van der Waals surface area (Å²) in [5.74, 6) is -0.196. The molecule has 0 radical (unpaired) electrons. The Balaban J connectivity index is 1.81. The Hall–Kier alpha value is -1.75. The van der Waals surface area contributed by atoms with Gasteiger partial charge in [-0.05, 0) is 42.9 Å². The Morgan fingerprint density at radius 1 is 1.04 bits per heavy atom. The summed E-state index contributed by atoms with van der Waals surface area (Å²) in [6.07, 6.45) is 0. The summed E-state index contributed by atoms with van der Waals surface area (Å²) in [4.78, 5) is 17.3. The minimum absolute atomic E-state index is 0.196. The zero-order valence-electron chi connectivity index (χ0n) is 14.1. The van der Waals surface area contributed by atoms with Crippen LogP contribution in [0.2, 0.25) is 10.0 Å². The molecule has 1 aliphatic rings. The fourth-order valence-electron chi connectivity index (χ4n) is 3.01. The van der Waals surface area contributed by atoms with Crippen LogP contribution in [0.4, 0.5) is 11.4 Å². The van der Waals surface area contributed by atoms with Gasteiger partial charge >= 0.3 is 0 Å². The third kappa shape index (κ3) is 4.46. The summed E-state index contributed by atoms with van der Waals surface area (Å²) in [6.45, 7) is 7.12. The molecule has 1 heterocycles. The third-order valence-electron chi connectivity index (χ3n) is 4.45. The van der Waals surface area contributed by atoms with Crippen LogP contribution in [0.1, 0.15) is 17.3 Å². The maximum atomic E-state index is 12.6. The Bertz CT molecular complexity index is 758. The first-order valence-corrected chi connectivity index (χ1v) is 9.16. The Kier molecular flexibility index (Phi) is 5.84. The maximum absolute atomic E-state index is 12.6. The molecule has 132 valence electrons. The number of piperazine rings is 1. The Morgan fingerprint density at radius 2 is 1.76 bits per heavy atom. The molecule has 0 aromatic heterocycles. The van der Waals surface area contributed by atoms with E-state index < -0.39 is 0 Å². The van der Waals surface area contributed by atoms with E-state index in [9.17, 15) is 4.79 Å². The van der Waals surface area contributed by atoms with Gasteiger partial charge < -0.3 is 15.1 Å². The number of benzene rings is 2. The molecule has 0 spiro atoms. The van der Waals surface area contributed by atoms with Crippen LogP contribution in [0.5, 0.6) is 0 Å². The van der Waals surface area contributed by atoms with Gasteiger partial charge in [0, 0.05) is 41.8 Å². The minimum Gasteiger partial charge on any atom is -0.367 e. The van der Waals surface area contributed by atoms with Crippen LogP contribution in [-0.2, 0) is 0 Å². The van der Waals surface area contributed by atoms with Crippen molar-refractivity contribution >= 4 is 40.5 Å². The topological polar surface area (TPSA) is 35.6 Å². The van der Waals surface area contributed by atoms with E-state index in [1.165, 1.54) is 0 Å². The molecule has 0 saturated carbocycles. The maximum Gasteiger partial charge on any atom is 0.255 e. The van der Waals surface area contributed by atoms with Crippen LogP contribution in [0.25, 0.3) is 0 Å². The van der Waals surface area contributed by atoms with E-state index in [2.05, 4.69) is 22.0 Å². The number of carbonyl (C=O) groups is 1. The summed E-state index contributed by atoms with van der Waals surface area (Å²) in [5.41, 5.74) is 2.24. The number of hydrogen-bond acceptors (Lipinski definition) is 3. The number of nitrogens with zero attached hydrogens (tertiary/aromatic N) is 2. The van der Waals surface area contributed by atoms with E-state index in [1.54, 1.807) is 30.3 Å². The summed E-state index contributed by atoms with van der Waals surface area (Å²) >= 11 is 12.1. The van der Waals surface area contributed by atoms with Gasteiger partial charge in [0.1, 0.15) is 0 Å². The molecule has 4 nitrogen and oxygen atoms in total. The second kappa shape index (κ2) is 8.09. The van der Waals surface area contributed by atoms with Crippen molar-refractivity contribution in [1.29, 1.82) is 0 Å². The predicted octanol–water partition coefficient (Wildman–Crippen LogP) is 4.39. The molecule has 0 unspecified atom stereocenters. The fraction of sp³-hybridized carbons (Fsp3) is 0.316. The quantitative estimate of drug-likeness (QED) is 0.857. The molecule has 1 N–H and O–H groups in total. The highest BCUT2D eigenvalue weighted by molar-refractivity contribution is 6.31. The molecule has 1 aliphatic heterocycles. The van der Waals surface area contributed by atoms with Crippen molar-refractivity contribution in [2.24, 2.45) is 0 Å². The molecule has 0 aliphatic carbocycles. The Morgan fingerprint density at radius 3 is 2.44 bits per heavy atom. The molecule has 0 atom stereocenters. The summed E-state index contributed by atoms with van der Waals surface area (Å²) in [7, 11) is 0. The lowest BCUT2D eigenvalue weighted by atomic mass is 10.1. The van der Waals surface area contributed by atoms with E-state index in [-0.39, 0.29) is 5.91 Å². The van der Waals surface area contributed by atoms with Crippen molar-refractivity contribution in [3.63, 3.8) is 0 Å². The van der Waals surface area contributed by atoms with Gasteiger partial charge in [-0.2, -0.15) is 0 Å². The number of amides is 1. The number of carbonyl (C=O) groups excluding carboxylic acids is 1. The molecule has 2 aromatic carbocycles. The van der Waals surface area contributed by atoms with Crippen molar-refractivity contribution in [3.8, 4) is 0 Å². The number of halogens is 2. The van der Waals surface area contributed by atoms with Gasteiger partial charge in [-0.3, -0.25) is 4.79 Å². The van der Waals surface area contributed by atoms with Crippen molar-refractivity contribution in [2.75, 3.05) is 42.9 Å². The number of nitrogens with one attached hydrogen (secondary N) is 1. The predicted molar refractivity (Wildman–Crippen MR) is 105 cm³/mol. The van der Waals surface area contributed by atoms with Gasteiger partial charge in [0.25, 0.3) is 5.91 Å². The monoisotopic (exact) mass is 377 g/mol. The highest BCUT2D eigenvalue weighted by atomic mass is 35.5. The van der Waals surface area contributed by atoms with E-state index >= 15 is 0 Å². The molecular formula is C19H21Cl2N3O. The van der Waals surface area contributed by atoms with E-state index in [0.29, 0.717) is 15.6 Å². The van der Waals surface area contributed by atoms with Crippen LogP contribution in [0.15, 0.2) is 42.5 Å². The highest BCUT2D eigenvalue weighted by Gasteiger charge is 2.19. The standard InChI is InChI=1S/C19H21Cl2N3O/c1-2-23-8-10-24(11-9-23)18-7-6-16(21)13-17(18)22-19(25)14-4-3-5-15(20)12-14/h3-7,12-13H,2,8-11H2,1H3,(H,22,25). The Labute approximate surface area is 158 Å². The number of likely N-dealkylation sites (N-methyl/N-ethyl adjacent to an activating group) is 1. The number of anilines is 2. The summed E-state index contributed by atoms with van der Waals surface area (Å²) < 4.78 is 0. The second-order valence-corrected chi connectivity index (χ2v) is 6.92. The van der Waals surface area contributed by atoms with Crippen molar-refractivity contribution < 1.29 is 4.79 Å². The zero-order chi connectivity index (χ0) is 17.8. The molecule has 1 saturated heterocycles. The van der Waals surface area contributed by atoms with E-state index in [1.807, 2.05) is 12.1 Å². The lowest BCUT2D eigenvalue weighted by Crippen LogP contribution is -2.46. The van der Waals surface area contributed by atoms with Crippen LogP contribution < -0.4 is 10.2 Å². The van der Waals surface area contributed by atoms with Crippen molar-refractivity contribution in [2.45, 2.75) is 6.92 Å². The van der Waals surface area contributed by atoms with Crippen molar-refractivity contribution in [1.82, 2.24) is 4.90 Å². The number of hydrogen-bond donors (Lipinski definition) is 1. The van der Waals surface area contributed by atoms with E-state index in [0.717, 1.165) is 44.1 Å². The average molecular weight is 378 g/mol. The minimum atomic E-state index is -0.196. The lowest BCUT2D eigenvalue weighted by Gasteiger charge is -2.36. The highest BCUT2D eigenvalue weighted by Crippen LogP contribution is 2.30. The van der Waals surface area contributed by atoms with Gasteiger partial charge in [0.05, 0.1) is 11.4 Å². The molecule has 1 amide bonds. The molecular weight excluding hydrogens is 357 g/mol. The van der Waals surface area contributed by atoms with Crippen LogP contribution in [0, 0.1) is 0 Å². The molecule has 1 fully saturated rings. The lowest BCUT2D eigenvalue weighted by molar-refractivity contribution is 0.102. The average Bonchev–Trinajstić information content (AvgIpc) is 2.62. The fourth-order valence-corrected chi connectivity index (χ4v) is 3.38. The summed E-state index contributed by atoms with van der Waals surface area (Å²) in [6, 6.07) is 12.5. The molecule has 0 bridgehead atoms. The van der Waals surface area contributed by atoms with Gasteiger partial charge in [-0.15, -0.1) is 0 Å². The SMILES string of the molecule is CCN1CCN(c2ccc(Cl)cc2NC(=O)c2cccc(Cl)c2)CC1. The molecule has 2 aromatic rings. The first kappa shape index (κ1) is 18.1.